The molecular formula is C18H21NO4. The van der Waals surface area contributed by atoms with E-state index in [0.29, 0.717) is 18.4 Å². The van der Waals surface area contributed by atoms with E-state index < -0.39 is 5.91 Å². The van der Waals surface area contributed by atoms with Gasteiger partial charge in [-0.15, -0.1) is 0 Å². The number of ether oxygens (including phenoxy) is 1. The van der Waals surface area contributed by atoms with Crippen molar-refractivity contribution in [2.75, 3.05) is 13.2 Å². The molecule has 5 nitrogen and oxygen atoms in total. The second-order valence-electron chi connectivity index (χ2n) is 5.24. The molecule has 0 fully saturated rings. The molecule has 0 atom stereocenters. The number of rotatable bonds is 7. The molecule has 0 aliphatic rings. The highest BCUT2D eigenvalue weighted by Gasteiger charge is 2.18. The van der Waals surface area contributed by atoms with Gasteiger partial charge in [-0.1, -0.05) is 37.3 Å². The minimum Gasteiger partial charge on any atom is -0.508 e. The van der Waals surface area contributed by atoms with E-state index in [4.69, 9.17) is 10.5 Å². The summed E-state index contributed by atoms with van der Waals surface area (Å²) in [6.45, 7) is 2.07. The van der Waals surface area contributed by atoms with Gasteiger partial charge in [0.1, 0.15) is 18.1 Å². The fourth-order valence-corrected chi connectivity index (χ4v) is 2.69. The summed E-state index contributed by atoms with van der Waals surface area (Å²) in [5, 5.41) is 20.4. The van der Waals surface area contributed by atoms with E-state index in [-0.39, 0.29) is 24.7 Å². The van der Waals surface area contributed by atoms with Crippen molar-refractivity contribution in [3.63, 3.8) is 0 Å². The Labute approximate surface area is 135 Å². The fraction of sp³-hybridized carbons (Fsp3) is 0.278. The van der Waals surface area contributed by atoms with Crippen LogP contribution in [0.1, 0.15) is 18.1 Å². The molecule has 0 aromatic heterocycles. The first kappa shape index (κ1) is 16.8. The lowest BCUT2D eigenvalue weighted by molar-refractivity contribution is -0.122. The quantitative estimate of drug-likeness (QED) is 0.684. The van der Waals surface area contributed by atoms with Crippen LogP contribution >= 0.6 is 0 Å². The molecule has 0 saturated heterocycles. The van der Waals surface area contributed by atoms with Crippen LogP contribution in [0.5, 0.6) is 11.5 Å². The molecule has 0 heterocycles. The van der Waals surface area contributed by atoms with Gasteiger partial charge in [0.25, 0.3) is 0 Å². The number of primary amides is 1. The van der Waals surface area contributed by atoms with Gasteiger partial charge in [0.05, 0.1) is 6.61 Å². The average Bonchev–Trinajstić information content (AvgIpc) is 2.52. The summed E-state index contributed by atoms with van der Waals surface area (Å²) in [5.74, 6) is -0.437. The molecule has 0 spiro atoms. The van der Waals surface area contributed by atoms with Crippen molar-refractivity contribution in [2.45, 2.75) is 19.8 Å². The molecule has 0 saturated carbocycles. The van der Waals surface area contributed by atoms with E-state index in [1.54, 1.807) is 0 Å². The van der Waals surface area contributed by atoms with Crippen molar-refractivity contribution in [1.29, 1.82) is 0 Å². The van der Waals surface area contributed by atoms with Crippen LogP contribution < -0.4 is 5.73 Å². The third-order valence-corrected chi connectivity index (χ3v) is 3.66. The Morgan fingerprint density at radius 1 is 1.13 bits per heavy atom. The Hall–Kier alpha value is -2.53. The molecule has 122 valence electrons. The first-order chi connectivity index (χ1) is 11.0. The number of hydrogen-bond donors (Lipinski definition) is 3. The van der Waals surface area contributed by atoms with E-state index in [2.05, 4.69) is 0 Å². The zero-order chi connectivity index (χ0) is 16.8. The normalized spacial score (nSPS) is 10.7. The summed E-state index contributed by atoms with van der Waals surface area (Å²) < 4.78 is 5.23. The summed E-state index contributed by atoms with van der Waals surface area (Å²) in [7, 11) is 0. The number of phenolic OH excluding ortho intramolecular Hbond substituents is 2. The maximum Gasteiger partial charge on any atom is 0.243 e. The van der Waals surface area contributed by atoms with Gasteiger partial charge < -0.3 is 20.7 Å². The predicted octanol–water partition coefficient (Wildman–Crippen LogP) is 2.37. The first-order valence-corrected chi connectivity index (χ1v) is 7.52. The smallest absolute Gasteiger partial charge is 0.243 e. The van der Waals surface area contributed by atoms with E-state index in [0.717, 1.165) is 16.7 Å². The lowest BCUT2D eigenvalue weighted by Crippen LogP contribution is -2.19. The Balaban J connectivity index is 2.41. The third-order valence-electron chi connectivity index (χ3n) is 3.66. The third kappa shape index (κ3) is 4.02. The molecule has 0 unspecified atom stereocenters. The van der Waals surface area contributed by atoms with Crippen molar-refractivity contribution in [2.24, 2.45) is 5.73 Å². The van der Waals surface area contributed by atoms with Gasteiger partial charge >= 0.3 is 0 Å². The molecule has 0 bridgehead atoms. The van der Waals surface area contributed by atoms with Crippen LogP contribution in [-0.4, -0.2) is 29.3 Å². The van der Waals surface area contributed by atoms with Crippen LogP contribution in [0.3, 0.4) is 0 Å². The summed E-state index contributed by atoms with van der Waals surface area (Å²) in [6, 6.07) is 10.9. The van der Waals surface area contributed by atoms with E-state index in [1.165, 1.54) is 6.07 Å². The van der Waals surface area contributed by atoms with Crippen LogP contribution in [-0.2, 0) is 22.4 Å². The van der Waals surface area contributed by atoms with Crippen LogP contribution in [0.15, 0.2) is 36.4 Å². The molecule has 5 heteroatoms. The predicted molar refractivity (Wildman–Crippen MR) is 88.3 cm³/mol. The standard InChI is InChI=1S/C18H21NO4/c1-2-13-14(8-9-23-11-17(19)22)18(16(21)10-15(13)20)12-6-4-3-5-7-12/h3-7,10,20-21H,2,8-9,11H2,1H3,(H2,19,22). The molecule has 2 aromatic carbocycles. The van der Waals surface area contributed by atoms with Gasteiger partial charge in [0, 0.05) is 11.6 Å². The number of aromatic hydroxyl groups is 2. The van der Waals surface area contributed by atoms with Gasteiger partial charge in [-0.05, 0) is 29.5 Å². The molecule has 2 rings (SSSR count). The van der Waals surface area contributed by atoms with Crippen molar-refractivity contribution >= 4 is 5.91 Å². The number of hydrogen-bond acceptors (Lipinski definition) is 4. The zero-order valence-electron chi connectivity index (χ0n) is 13.1. The number of carbonyl (C=O) groups excluding carboxylic acids is 1. The molecule has 23 heavy (non-hydrogen) atoms. The minimum absolute atomic E-state index is 0.0239. The van der Waals surface area contributed by atoms with Crippen LogP contribution in [0.4, 0.5) is 0 Å². The lowest BCUT2D eigenvalue weighted by Gasteiger charge is -2.17. The van der Waals surface area contributed by atoms with Crippen molar-refractivity contribution in [3.8, 4) is 22.6 Å². The zero-order valence-corrected chi connectivity index (χ0v) is 13.1. The lowest BCUT2D eigenvalue weighted by atomic mass is 9.91. The van der Waals surface area contributed by atoms with E-state index in [9.17, 15) is 15.0 Å². The van der Waals surface area contributed by atoms with Crippen molar-refractivity contribution < 1.29 is 19.7 Å². The molecule has 0 radical (unpaired) electrons. The maximum absolute atomic E-state index is 10.7. The van der Waals surface area contributed by atoms with Crippen LogP contribution in [0, 0.1) is 0 Å². The van der Waals surface area contributed by atoms with Crippen LogP contribution in [0.2, 0.25) is 0 Å². The number of phenols is 2. The molecule has 0 aliphatic carbocycles. The van der Waals surface area contributed by atoms with Crippen molar-refractivity contribution in [3.05, 3.63) is 47.5 Å². The number of nitrogens with two attached hydrogens (primary N) is 1. The Morgan fingerprint density at radius 2 is 1.83 bits per heavy atom. The number of carbonyl (C=O) groups is 1. The van der Waals surface area contributed by atoms with Gasteiger partial charge in [0.15, 0.2) is 0 Å². The number of amides is 1. The Kier molecular flexibility index (Phi) is 5.60. The van der Waals surface area contributed by atoms with E-state index >= 15 is 0 Å². The topological polar surface area (TPSA) is 92.8 Å². The molecule has 1 amide bonds. The SMILES string of the molecule is CCc1c(O)cc(O)c(-c2ccccc2)c1CCOCC(N)=O. The first-order valence-electron chi connectivity index (χ1n) is 7.52. The Morgan fingerprint density at radius 3 is 2.43 bits per heavy atom. The summed E-state index contributed by atoms with van der Waals surface area (Å²) in [4.78, 5) is 10.7. The highest BCUT2D eigenvalue weighted by atomic mass is 16.5. The minimum atomic E-state index is -0.525. The van der Waals surface area contributed by atoms with Gasteiger partial charge in [-0.2, -0.15) is 0 Å². The molecule has 2 aromatic rings. The highest BCUT2D eigenvalue weighted by Crippen LogP contribution is 2.39. The molecular weight excluding hydrogens is 294 g/mol. The van der Waals surface area contributed by atoms with Crippen molar-refractivity contribution in [1.82, 2.24) is 0 Å². The summed E-state index contributed by atoms with van der Waals surface area (Å²) in [5.41, 5.74) is 8.19. The van der Waals surface area contributed by atoms with Gasteiger partial charge in [0.2, 0.25) is 5.91 Å². The van der Waals surface area contributed by atoms with E-state index in [1.807, 2.05) is 37.3 Å². The molecule has 0 aliphatic heterocycles. The summed E-state index contributed by atoms with van der Waals surface area (Å²) >= 11 is 0. The second kappa shape index (κ2) is 7.65. The number of benzene rings is 2. The Bertz CT molecular complexity index is 683. The average molecular weight is 315 g/mol. The second-order valence-corrected chi connectivity index (χ2v) is 5.24. The summed E-state index contributed by atoms with van der Waals surface area (Å²) in [6.07, 6.45) is 1.08. The highest BCUT2D eigenvalue weighted by molar-refractivity contribution is 5.77. The van der Waals surface area contributed by atoms with Gasteiger partial charge in [-0.3, -0.25) is 4.79 Å². The fourth-order valence-electron chi connectivity index (χ4n) is 2.69. The maximum atomic E-state index is 10.7. The largest absolute Gasteiger partial charge is 0.508 e. The molecule has 4 N–H and O–H groups in total. The van der Waals surface area contributed by atoms with Crippen LogP contribution in [0.25, 0.3) is 11.1 Å². The van der Waals surface area contributed by atoms with Gasteiger partial charge in [-0.25, -0.2) is 0 Å². The monoisotopic (exact) mass is 315 g/mol.